The Bertz CT molecular complexity index is 197. The summed E-state index contributed by atoms with van der Waals surface area (Å²) in [7, 11) is 0. The van der Waals surface area contributed by atoms with Gasteiger partial charge in [-0.25, -0.2) is 0 Å². The SMILES string of the molecule is CC(O)CN(CCN(CC(C)O)CC(C)O)CC(C)O.[Bi]. The van der Waals surface area contributed by atoms with Crippen molar-refractivity contribution in [2.45, 2.75) is 52.1 Å². The molecular formula is C14H32BiN2O4. The average molecular weight is 501 g/mol. The maximum absolute atomic E-state index is 9.47. The molecule has 0 spiro atoms. The fraction of sp³-hybridized carbons (Fsp3) is 1.00. The summed E-state index contributed by atoms with van der Waals surface area (Å²) in [6.07, 6.45) is -1.79. The van der Waals surface area contributed by atoms with E-state index < -0.39 is 24.4 Å². The monoisotopic (exact) mass is 501 g/mol. The molecule has 0 aliphatic rings. The summed E-state index contributed by atoms with van der Waals surface area (Å²) in [5.41, 5.74) is 0. The molecule has 7 heteroatoms. The molecule has 0 saturated heterocycles. The van der Waals surface area contributed by atoms with Crippen molar-refractivity contribution in [1.82, 2.24) is 9.80 Å². The molecule has 0 amide bonds. The Balaban J connectivity index is 0. The van der Waals surface area contributed by atoms with Crippen molar-refractivity contribution in [3.05, 3.63) is 0 Å². The second-order valence-corrected chi connectivity index (χ2v) is 5.92. The van der Waals surface area contributed by atoms with E-state index in [1.54, 1.807) is 27.7 Å². The molecule has 0 saturated carbocycles. The zero-order valence-corrected chi connectivity index (χ0v) is 17.2. The van der Waals surface area contributed by atoms with E-state index in [2.05, 4.69) is 0 Å². The number of hydrogen-bond acceptors (Lipinski definition) is 6. The van der Waals surface area contributed by atoms with E-state index in [4.69, 9.17) is 0 Å². The van der Waals surface area contributed by atoms with E-state index in [0.29, 0.717) is 39.3 Å². The van der Waals surface area contributed by atoms with Crippen LogP contribution >= 0.6 is 0 Å². The van der Waals surface area contributed by atoms with Crippen molar-refractivity contribution in [2.24, 2.45) is 0 Å². The minimum Gasteiger partial charge on any atom is -0.392 e. The van der Waals surface area contributed by atoms with Crippen LogP contribution < -0.4 is 0 Å². The molecular weight excluding hydrogens is 469 g/mol. The molecule has 0 aliphatic heterocycles. The summed E-state index contributed by atoms with van der Waals surface area (Å²) in [5.74, 6) is 0. The van der Waals surface area contributed by atoms with Crippen LogP contribution in [0.25, 0.3) is 0 Å². The topological polar surface area (TPSA) is 87.4 Å². The molecule has 127 valence electrons. The van der Waals surface area contributed by atoms with E-state index in [1.165, 1.54) is 0 Å². The Morgan fingerprint density at radius 1 is 0.571 bits per heavy atom. The second-order valence-electron chi connectivity index (χ2n) is 5.92. The fourth-order valence-corrected chi connectivity index (χ4v) is 2.29. The quantitative estimate of drug-likeness (QED) is 0.265. The number of hydrogen-bond donors (Lipinski definition) is 4. The summed E-state index contributed by atoms with van der Waals surface area (Å²) < 4.78 is 0. The van der Waals surface area contributed by atoms with Gasteiger partial charge >= 0.3 is 0 Å². The fourth-order valence-electron chi connectivity index (χ4n) is 2.29. The molecule has 0 aromatic rings. The third kappa shape index (κ3) is 15.3. The third-order valence-electron chi connectivity index (χ3n) is 2.82. The van der Waals surface area contributed by atoms with Crippen LogP contribution in [0.5, 0.6) is 0 Å². The molecule has 4 atom stereocenters. The minimum atomic E-state index is -0.448. The molecule has 6 nitrogen and oxygen atoms in total. The van der Waals surface area contributed by atoms with E-state index in [0.717, 1.165) is 0 Å². The van der Waals surface area contributed by atoms with Gasteiger partial charge in [-0.15, -0.1) is 0 Å². The zero-order valence-electron chi connectivity index (χ0n) is 13.7. The largest absolute Gasteiger partial charge is 0.392 e. The predicted octanol–water partition coefficient (Wildman–Crippen LogP) is -1.27. The van der Waals surface area contributed by atoms with E-state index in [1.807, 2.05) is 9.80 Å². The smallest absolute Gasteiger partial charge is 0.0639 e. The van der Waals surface area contributed by atoms with Crippen molar-refractivity contribution < 1.29 is 20.4 Å². The Morgan fingerprint density at radius 2 is 0.762 bits per heavy atom. The third-order valence-corrected chi connectivity index (χ3v) is 2.82. The predicted molar refractivity (Wildman–Crippen MR) is 85.4 cm³/mol. The van der Waals surface area contributed by atoms with Crippen LogP contribution in [-0.4, -0.2) is 120 Å². The minimum absolute atomic E-state index is 0. The molecule has 0 aromatic carbocycles. The van der Waals surface area contributed by atoms with Crippen LogP contribution in [0.15, 0.2) is 0 Å². The van der Waals surface area contributed by atoms with Gasteiger partial charge in [0.1, 0.15) is 0 Å². The molecule has 3 radical (unpaired) electrons. The Kier molecular flexibility index (Phi) is 14.9. The standard InChI is InChI=1S/C14H32N2O4.Bi/c1-11(17)7-15(8-12(2)18)5-6-16(9-13(3)19)10-14(4)20;/h11-14,17-20H,5-10H2,1-4H3;. The van der Waals surface area contributed by atoms with Crippen LogP contribution in [0.3, 0.4) is 0 Å². The van der Waals surface area contributed by atoms with Gasteiger partial charge in [0.05, 0.1) is 24.4 Å². The van der Waals surface area contributed by atoms with Crippen molar-refractivity contribution in [1.29, 1.82) is 0 Å². The summed E-state index contributed by atoms with van der Waals surface area (Å²) in [6, 6.07) is 0. The maximum atomic E-state index is 9.47. The molecule has 0 bridgehead atoms. The number of aliphatic hydroxyl groups excluding tert-OH is 4. The molecule has 4 unspecified atom stereocenters. The van der Waals surface area contributed by atoms with E-state index in [9.17, 15) is 20.4 Å². The van der Waals surface area contributed by atoms with E-state index >= 15 is 0 Å². The van der Waals surface area contributed by atoms with Gasteiger partial charge in [-0.05, 0) is 27.7 Å². The van der Waals surface area contributed by atoms with Crippen LogP contribution in [0.2, 0.25) is 0 Å². The number of aliphatic hydroxyl groups is 4. The normalized spacial score (nSPS) is 17.4. The van der Waals surface area contributed by atoms with Crippen LogP contribution in [0.1, 0.15) is 27.7 Å². The van der Waals surface area contributed by atoms with Crippen molar-refractivity contribution >= 4 is 26.2 Å². The van der Waals surface area contributed by atoms with Crippen LogP contribution in [-0.2, 0) is 0 Å². The molecule has 0 aliphatic carbocycles. The maximum Gasteiger partial charge on any atom is 0.0639 e. The van der Waals surface area contributed by atoms with E-state index in [-0.39, 0.29) is 26.2 Å². The van der Waals surface area contributed by atoms with Crippen molar-refractivity contribution in [2.75, 3.05) is 39.3 Å². The first kappa shape index (κ1) is 23.9. The van der Waals surface area contributed by atoms with Gasteiger partial charge in [0.15, 0.2) is 0 Å². The molecule has 0 aromatic heterocycles. The van der Waals surface area contributed by atoms with Gasteiger partial charge in [0, 0.05) is 65.5 Å². The van der Waals surface area contributed by atoms with Crippen molar-refractivity contribution in [3.8, 4) is 0 Å². The van der Waals surface area contributed by atoms with Crippen molar-refractivity contribution in [3.63, 3.8) is 0 Å². The van der Waals surface area contributed by atoms with Gasteiger partial charge in [0.2, 0.25) is 0 Å². The first-order valence-electron chi connectivity index (χ1n) is 7.37. The van der Waals surface area contributed by atoms with Gasteiger partial charge < -0.3 is 20.4 Å². The van der Waals surface area contributed by atoms with Gasteiger partial charge in [0.25, 0.3) is 0 Å². The van der Waals surface area contributed by atoms with Crippen LogP contribution in [0.4, 0.5) is 0 Å². The Hall–Kier alpha value is 0.643. The molecule has 0 rings (SSSR count). The zero-order chi connectivity index (χ0) is 15.7. The Labute approximate surface area is 147 Å². The average Bonchev–Trinajstić information content (AvgIpc) is 2.22. The van der Waals surface area contributed by atoms with Crippen LogP contribution in [0, 0.1) is 0 Å². The first-order valence-corrected chi connectivity index (χ1v) is 7.37. The molecule has 21 heavy (non-hydrogen) atoms. The Morgan fingerprint density at radius 3 is 0.905 bits per heavy atom. The molecule has 0 heterocycles. The summed E-state index contributed by atoms with van der Waals surface area (Å²) in [4.78, 5) is 3.98. The van der Waals surface area contributed by atoms with Gasteiger partial charge in [-0.2, -0.15) is 0 Å². The molecule has 4 N–H and O–H groups in total. The summed E-state index contributed by atoms with van der Waals surface area (Å²) in [6.45, 7) is 10.2. The summed E-state index contributed by atoms with van der Waals surface area (Å²) >= 11 is 0. The van der Waals surface area contributed by atoms with Gasteiger partial charge in [-0.1, -0.05) is 0 Å². The molecule has 0 fully saturated rings. The summed E-state index contributed by atoms with van der Waals surface area (Å²) in [5, 5.41) is 37.9. The second kappa shape index (κ2) is 13.1. The number of rotatable bonds is 11. The first-order chi connectivity index (χ1) is 9.20. The van der Waals surface area contributed by atoms with Gasteiger partial charge in [-0.3, -0.25) is 9.80 Å². The number of nitrogens with zero attached hydrogens (tertiary/aromatic N) is 2.